The molecule has 1 amide bonds. The first kappa shape index (κ1) is 16.5. The number of hydrogen-bond acceptors (Lipinski definition) is 4. The van der Waals surface area contributed by atoms with Crippen LogP contribution in [0.1, 0.15) is 18.9 Å². The number of hydrogen-bond donors (Lipinski definition) is 2. The maximum Gasteiger partial charge on any atom is 0.257 e. The third-order valence-electron chi connectivity index (χ3n) is 2.70. The standard InChI is InChI=1S/C15H24N2O3/c1-12(16)10-13-4-6-14(7-5-13)20-11-15(18)17-8-3-9-19-2/h4-7,12H,3,8-11,16H2,1-2H3,(H,17,18). The van der Waals surface area contributed by atoms with Crippen LogP contribution in [0.25, 0.3) is 0 Å². The van der Waals surface area contributed by atoms with E-state index in [2.05, 4.69) is 5.32 Å². The molecule has 0 aliphatic heterocycles. The van der Waals surface area contributed by atoms with Gasteiger partial charge in [0.25, 0.3) is 5.91 Å². The van der Waals surface area contributed by atoms with E-state index in [-0.39, 0.29) is 18.6 Å². The molecule has 0 bridgehead atoms. The van der Waals surface area contributed by atoms with Gasteiger partial charge in [0, 0.05) is 26.3 Å². The van der Waals surface area contributed by atoms with Crippen molar-refractivity contribution in [2.24, 2.45) is 5.73 Å². The molecule has 0 radical (unpaired) electrons. The molecule has 112 valence electrons. The van der Waals surface area contributed by atoms with Gasteiger partial charge in [0.1, 0.15) is 5.75 Å². The van der Waals surface area contributed by atoms with E-state index in [0.717, 1.165) is 18.4 Å². The Balaban J connectivity index is 2.25. The normalized spacial score (nSPS) is 11.9. The van der Waals surface area contributed by atoms with E-state index in [4.69, 9.17) is 15.2 Å². The van der Waals surface area contributed by atoms with Crippen LogP contribution in [0.15, 0.2) is 24.3 Å². The molecule has 0 spiro atoms. The summed E-state index contributed by atoms with van der Waals surface area (Å²) in [6.07, 6.45) is 1.63. The van der Waals surface area contributed by atoms with Gasteiger partial charge in [-0.2, -0.15) is 0 Å². The Morgan fingerprint density at radius 2 is 2.05 bits per heavy atom. The van der Waals surface area contributed by atoms with E-state index in [1.165, 1.54) is 0 Å². The molecule has 0 saturated carbocycles. The SMILES string of the molecule is COCCCNC(=O)COc1ccc(CC(C)N)cc1. The van der Waals surface area contributed by atoms with Gasteiger partial charge >= 0.3 is 0 Å². The Bertz CT molecular complexity index is 391. The second-order valence-electron chi connectivity index (χ2n) is 4.81. The van der Waals surface area contributed by atoms with Gasteiger partial charge in [0.2, 0.25) is 0 Å². The van der Waals surface area contributed by atoms with Crippen LogP contribution in [-0.4, -0.2) is 38.8 Å². The van der Waals surface area contributed by atoms with Crippen molar-refractivity contribution < 1.29 is 14.3 Å². The molecule has 1 rings (SSSR count). The highest BCUT2D eigenvalue weighted by atomic mass is 16.5. The van der Waals surface area contributed by atoms with Crippen molar-refractivity contribution in [2.75, 3.05) is 26.9 Å². The third kappa shape index (κ3) is 7.11. The highest BCUT2D eigenvalue weighted by Gasteiger charge is 2.03. The number of methoxy groups -OCH3 is 1. The van der Waals surface area contributed by atoms with Gasteiger partial charge in [-0.25, -0.2) is 0 Å². The van der Waals surface area contributed by atoms with Crippen molar-refractivity contribution >= 4 is 5.91 Å². The topological polar surface area (TPSA) is 73.6 Å². The minimum absolute atomic E-state index is 0.0274. The van der Waals surface area contributed by atoms with Crippen LogP contribution in [0.2, 0.25) is 0 Å². The predicted octanol–water partition coefficient (Wildman–Crippen LogP) is 1.11. The summed E-state index contributed by atoms with van der Waals surface area (Å²) in [7, 11) is 1.64. The quantitative estimate of drug-likeness (QED) is 0.665. The summed E-state index contributed by atoms with van der Waals surface area (Å²) in [5, 5.41) is 2.76. The maximum atomic E-state index is 11.5. The minimum atomic E-state index is -0.124. The number of carbonyl (C=O) groups is 1. The van der Waals surface area contributed by atoms with Gasteiger partial charge in [0.15, 0.2) is 6.61 Å². The number of ether oxygens (including phenoxy) is 2. The summed E-state index contributed by atoms with van der Waals surface area (Å²) < 4.78 is 10.3. The van der Waals surface area contributed by atoms with Gasteiger partial charge in [-0.3, -0.25) is 4.79 Å². The molecule has 0 heterocycles. The van der Waals surface area contributed by atoms with E-state index < -0.39 is 0 Å². The van der Waals surface area contributed by atoms with Gasteiger partial charge < -0.3 is 20.5 Å². The molecule has 1 aromatic rings. The fourth-order valence-electron chi connectivity index (χ4n) is 1.74. The van der Waals surface area contributed by atoms with Crippen molar-refractivity contribution in [3.05, 3.63) is 29.8 Å². The fraction of sp³-hybridized carbons (Fsp3) is 0.533. The maximum absolute atomic E-state index is 11.5. The van der Waals surface area contributed by atoms with Crippen molar-refractivity contribution in [3.63, 3.8) is 0 Å². The van der Waals surface area contributed by atoms with Crippen molar-refractivity contribution in [1.29, 1.82) is 0 Å². The average molecular weight is 280 g/mol. The van der Waals surface area contributed by atoms with E-state index in [0.29, 0.717) is 18.9 Å². The lowest BCUT2D eigenvalue weighted by atomic mass is 10.1. The molecule has 5 nitrogen and oxygen atoms in total. The zero-order chi connectivity index (χ0) is 14.8. The Kier molecular flexibility index (Phi) is 7.69. The summed E-state index contributed by atoms with van der Waals surface area (Å²) in [4.78, 5) is 11.5. The second-order valence-corrected chi connectivity index (χ2v) is 4.81. The summed E-state index contributed by atoms with van der Waals surface area (Å²) >= 11 is 0. The van der Waals surface area contributed by atoms with E-state index in [1.54, 1.807) is 7.11 Å². The summed E-state index contributed by atoms with van der Waals surface area (Å²) in [5.41, 5.74) is 6.90. The minimum Gasteiger partial charge on any atom is -0.484 e. The Morgan fingerprint density at radius 1 is 1.35 bits per heavy atom. The summed E-state index contributed by atoms with van der Waals surface area (Å²) in [6, 6.07) is 7.79. The molecule has 1 atom stereocenters. The van der Waals surface area contributed by atoms with Crippen molar-refractivity contribution in [1.82, 2.24) is 5.32 Å². The second kappa shape index (κ2) is 9.34. The molecule has 3 N–H and O–H groups in total. The highest BCUT2D eigenvalue weighted by molar-refractivity contribution is 5.77. The van der Waals surface area contributed by atoms with Gasteiger partial charge in [0.05, 0.1) is 0 Å². The van der Waals surface area contributed by atoms with Crippen LogP contribution < -0.4 is 15.8 Å². The van der Waals surface area contributed by atoms with Crippen LogP contribution >= 0.6 is 0 Å². The van der Waals surface area contributed by atoms with E-state index in [1.807, 2.05) is 31.2 Å². The molecule has 20 heavy (non-hydrogen) atoms. The first-order chi connectivity index (χ1) is 9.61. The average Bonchev–Trinajstić information content (AvgIpc) is 2.42. The largest absolute Gasteiger partial charge is 0.484 e. The molecule has 1 aromatic carbocycles. The van der Waals surface area contributed by atoms with Gasteiger partial charge in [-0.05, 0) is 37.5 Å². The molecule has 0 aromatic heterocycles. The monoisotopic (exact) mass is 280 g/mol. The first-order valence-electron chi connectivity index (χ1n) is 6.84. The fourth-order valence-corrected chi connectivity index (χ4v) is 1.74. The summed E-state index contributed by atoms with van der Waals surface area (Å²) in [5.74, 6) is 0.561. The molecule has 0 fully saturated rings. The van der Waals surface area contributed by atoms with Gasteiger partial charge in [-0.1, -0.05) is 12.1 Å². The van der Waals surface area contributed by atoms with E-state index >= 15 is 0 Å². The Morgan fingerprint density at radius 3 is 2.65 bits per heavy atom. The van der Waals surface area contributed by atoms with Crippen molar-refractivity contribution in [2.45, 2.75) is 25.8 Å². The predicted molar refractivity (Wildman–Crippen MR) is 78.8 cm³/mol. The number of nitrogens with one attached hydrogen (secondary N) is 1. The molecule has 1 unspecified atom stereocenters. The number of carbonyl (C=O) groups excluding carboxylic acids is 1. The number of nitrogens with two attached hydrogens (primary N) is 1. The first-order valence-corrected chi connectivity index (χ1v) is 6.84. The van der Waals surface area contributed by atoms with Crippen molar-refractivity contribution in [3.8, 4) is 5.75 Å². The van der Waals surface area contributed by atoms with E-state index in [9.17, 15) is 4.79 Å². The Labute approximate surface area is 120 Å². The lowest BCUT2D eigenvalue weighted by molar-refractivity contribution is -0.123. The summed E-state index contributed by atoms with van der Waals surface area (Å²) in [6.45, 7) is 3.24. The molecule has 5 heteroatoms. The zero-order valence-electron chi connectivity index (χ0n) is 12.2. The van der Waals surface area contributed by atoms with Crippen LogP contribution in [-0.2, 0) is 16.0 Å². The third-order valence-corrected chi connectivity index (χ3v) is 2.70. The number of amides is 1. The molecular weight excluding hydrogens is 256 g/mol. The smallest absolute Gasteiger partial charge is 0.257 e. The molecular formula is C15H24N2O3. The lowest BCUT2D eigenvalue weighted by Crippen LogP contribution is -2.30. The highest BCUT2D eigenvalue weighted by Crippen LogP contribution is 2.13. The molecule has 0 saturated heterocycles. The van der Waals surface area contributed by atoms with Gasteiger partial charge in [-0.15, -0.1) is 0 Å². The number of rotatable bonds is 9. The lowest BCUT2D eigenvalue weighted by Gasteiger charge is -2.09. The van der Waals surface area contributed by atoms with Crippen LogP contribution in [0.5, 0.6) is 5.75 Å². The van der Waals surface area contributed by atoms with Crippen LogP contribution in [0.3, 0.4) is 0 Å². The Hall–Kier alpha value is -1.59. The van der Waals surface area contributed by atoms with Crippen LogP contribution in [0, 0.1) is 0 Å². The molecule has 0 aliphatic rings. The zero-order valence-corrected chi connectivity index (χ0v) is 12.2. The number of benzene rings is 1. The van der Waals surface area contributed by atoms with Crippen LogP contribution in [0.4, 0.5) is 0 Å². The molecule has 0 aliphatic carbocycles.